The number of halogens is 2. The molecule has 0 fully saturated rings. The van der Waals surface area contributed by atoms with Crippen molar-refractivity contribution in [3.8, 4) is 0 Å². The van der Waals surface area contributed by atoms with E-state index in [1.807, 2.05) is 6.92 Å². The summed E-state index contributed by atoms with van der Waals surface area (Å²) in [6.45, 7) is 5.12. The number of hydrogen-bond donors (Lipinski definition) is 0. The van der Waals surface area contributed by atoms with E-state index in [2.05, 4.69) is 0 Å². The predicted molar refractivity (Wildman–Crippen MR) is 69.0 cm³/mol. The van der Waals surface area contributed by atoms with Crippen LogP contribution in [0.25, 0.3) is 0 Å². The molecular formula is C13H17ClFNO2. The van der Waals surface area contributed by atoms with Crippen molar-refractivity contribution < 1.29 is 13.9 Å². The second-order valence-electron chi connectivity index (χ2n) is 3.84. The monoisotopic (exact) mass is 273 g/mol. The molecule has 0 aliphatic rings. The minimum absolute atomic E-state index is 0.149. The molecule has 1 aromatic rings. The highest BCUT2D eigenvalue weighted by molar-refractivity contribution is 6.30. The zero-order valence-corrected chi connectivity index (χ0v) is 11.3. The minimum Gasteiger partial charge on any atom is -0.465 e. The summed E-state index contributed by atoms with van der Waals surface area (Å²) in [5, 5.41) is 0.485. The van der Waals surface area contributed by atoms with Crippen LogP contribution in [-0.2, 0) is 16.1 Å². The quantitative estimate of drug-likeness (QED) is 0.747. The second kappa shape index (κ2) is 7.34. The Balaban J connectivity index is 2.67. The maximum atomic E-state index is 13.6. The molecule has 100 valence electrons. The summed E-state index contributed by atoms with van der Waals surface area (Å²) in [6.07, 6.45) is 0. The number of ether oxygens (including phenoxy) is 1. The van der Waals surface area contributed by atoms with E-state index in [1.165, 1.54) is 12.1 Å². The van der Waals surface area contributed by atoms with Crippen LogP contribution in [0.2, 0.25) is 5.02 Å². The molecule has 0 aliphatic carbocycles. The van der Waals surface area contributed by atoms with Gasteiger partial charge in [-0.1, -0.05) is 18.5 Å². The van der Waals surface area contributed by atoms with E-state index in [0.717, 1.165) is 0 Å². The van der Waals surface area contributed by atoms with Gasteiger partial charge in [0.25, 0.3) is 0 Å². The van der Waals surface area contributed by atoms with Gasteiger partial charge in [0.1, 0.15) is 5.82 Å². The van der Waals surface area contributed by atoms with Crippen molar-refractivity contribution in [1.82, 2.24) is 4.90 Å². The van der Waals surface area contributed by atoms with Gasteiger partial charge in [-0.05, 0) is 31.7 Å². The third-order valence-electron chi connectivity index (χ3n) is 2.51. The Morgan fingerprint density at radius 1 is 1.44 bits per heavy atom. The van der Waals surface area contributed by atoms with Crippen molar-refractivity contribution in [3.63, 3.8) is 0 Å². The lowest BCUT2D eigenvalue weighted by Gasteiger charge is -2.19. The molecule has 0 amide bonds. The van der Waals surface area contributed by atoms with Crippen molar-refractivity contribution in [3.05, 3.63) is 34.6 Å². The lowest BCUT2D eigenvalue weighted by atomic mass is 10.2. The van der Waals surface area contributed by atoms with Crippen molar-refractivity contribution in [2.24, 2.45) is 0 Å². The Hall–Kier alpha value is -1.13. The van der Waals surface area contributed by atoms with Gasteiger partial charge in [-0.25, -0.2) is 4.39 Å². The molecule has 0 radical (unpaired) electrons. The highest BCUT2D eigenvalue weighted by Crippen LogP contribution is 2.16. The van der Waals surface area contributed by atoms with Crippen LogP contribution in [0.3, 0.4) is 0 Å². The first-order valence-corrected chi connectivity index (χ1v) is 6.26. The van der Waals surface area contributed by atoms with Crippen LogP contribution >= 0.6 is 11.6 Å². The molecule has 0 N–H and O–H groups in total. The summed E-state index contributed by atoms with van der Waals surface area (Å²) in [7, 11) is 0. The van der Waals surface area contributed by atoms with Crippen LogP contribution < -0.4 is 0 Å². The summed E-state index contributed by atoms with van der Waals surface area (Å²) in [4.78, 5) is 13.2. The number of nitrogens with zero attached hydrogens (tertiary/aromatic N) is 1. The lowest BCUT2D eigenvalue weighted by molar-refractivity contribution is -0.144. The smallest absolute Gasteiger partial charge is 0.320 e. The van der Waals surface area contributed by atoms with Crippen LogP contribution in [-0.4, -0.2) is 30.6 Å². The Bertz CT molecular complexity index is 412. The van der Waals surface area contributed by atoms with Crippen LogP contribution in [0.5, 0.6) is 0 Å². The molecule has 0 saturated heterocycles. The van der Waals surface area contributed by atoms with E-state index in [9.17, 15) is 9.18 Å². The van der Waals surface area contributed by atoms with Crippen molar-refractivity contribution in [2.45, 2.75) is 20.4 Å². The summed E-state index contributed by atoms with van der Waals surface area (Å²) in [5.74, 6) is -0.622. The predicted octanol–water partition coefficient (Wildman–Crippen LogP) is 2.86. The first-order valence-electron chi connectivity index (χ1n) is 5.88. The Labute approximate surface area is 111 Å². The van der Waals surface area contributed by atoms with Gasteiger partial charge in [0, 0.05) is 17.1 Å². The number of rotatable bonds is 6. The summed E-state index contributed by atoms with van der Waals surface area (Å²) in [5.41, 5.74) is 0.480. The molecule has 1 aromatic carbocycles. The normalized spacial score (nSPS) is 10.7. The van der Waals surface area contributed by atoms with Gasteiger partial charge in [-0.3, -0.25) is 9.69 Å². The Morgan fingerprint density at radius 2 is 2.17 bits per heavy atom. The maximum absolute atomic E-state index is 13.6. The van der Waals surface area contributed by atoms with E-state index < -0.39 is 0 Å². The molecule has 0 saturated carbocycles. The summed E-state index contributed by atoms with van der Waals surface area (Å²) >= 11 is 5.82. The highest BCUT2D eigenvalue weighted by atomic mass is 35.5. The topological polar surface area (TPSA) is 29.5 Å². The molecule has 0 spiro atoms. The Kier molecular flexibility index (Phi) is 6.09. The van der Waals surface area contributed by atoms with E-state index in [4.69, 9.17) is 16.3 Å². The lowest BCUT2D eigenvalue weighted by Crippen LogP contribution is -2.30. The van der Waals surface area contributed by atoms with Crippen LogP contribution in [0.4, 0.5) is 4.39 Å². The molecule has 0 atom stereocenters. The first-order chi connectivity index (χ1) is 8.56. The minimum atomic E-state index is -0.318. The number of carbonyl (C=O) groups is 1. The van der Waals surface area contributed by atoms with E-state index in [0.29, 0.717) is 30.3 Å². The van der Waals surface area contributed by atoms with Gasteiger partial charge < -0.3 is 4.74 Å². The number of likely N-dealkylation sites (N-methyl/N-ethyl adjacent to an activating group) is 1. The number of benzene rings is 1. The highest BCUT2D eigenvalue weighted by Gasteiger charge is 2.12. The van der Waals surface area contributed by atoms with Gasteiger partial charge >= 0.3 is 5.97 Å². The van der Waals surface area contributed by atoms with Crippen LogP contribution in [0.15, 0.2) is 18.2 Å². The van der Waals surface area contributed by atoms with Gasteiger partial charge in [0.2, 0.25) is 0 Å². The maximum Gasteiger partial charge on any atom is 0.320 e. The fourth-order valence-corrected chi connectivity index (χ4v) is 1.77. The molecule has 3 nitrogen and oxygen atoms in total. The first kappa shape index (κ1) is 14.9. The molecule has 18 heavy (non-hydrogen) atoms. The summed E-state index contributed by atoms with van der Waals surface area (Å²) in [6, 6.07) is 4.41. The van der Waals surface area contributed by atoms with Crippen LogP contribution in [0.1, 0.15) is 19.4 Å². The summed E-state index contributed by atoms with van der Waals surface area (Å²) < 4.78 is 18.4. The second-order valence-corrected chi connectivity index (χ2v) is 4.28. The van der Waals surface area contributed by atoms with Crippen molar-refractivity contribution >= 4 is 17.6 Å². The third-order valence-corrected chi connectivity index (χ3v) is 2.74. The largest absolute Gasteiger partial charge is 0.465 e. The average molecular weight is 274 g/mol. The fourth-order valence-electron chi connectivity index (χ4n) is 1.57. The van der Waals surface area contributed by atoms with E-state index in [-0.39, 0.29) is 18.3 Å². The standard InChI is InChI=1S/C13H17ClFNO2/c1-3-16(9-13(17)18-4-2)8-10-7-11(14)5-6-12(10)15/h5-7H,3-4,8-9H2,1-2H3. The molecule has 0 unspecified atom stereocenters. The van der Waals surface area contributed by atoms with Gasteiger partial charge in [-0.15, -0.1) is 0 Å². The van der Waals surface area contributed by atoms with Crippen molar-refractivity contribution in [2.75, 3.05) is 19.7 Å². The van der Waals surface area contributed by atoms with E-state index in [1.54, 1.807) is 17.9 Å². The fraction of sp³-hybridized carbons (Fsp3) is 0.462. The van der Waals surface area contributed by atoms with Gasteiger partial charge in [0.15, 0.2) is 0 Å². The number of esters is 1. The van der Waals surface area contributed by atoms with Gasteiger partial charge in [0.05, 0.1) is 13.2 Å². The SMILES string of the molecule is CCOC(=O)CN(CC)Cc1cc(Cl)ccc1F. The number of carbonyl (C=O) groups excluding carboxylic acids is 1. The van der Waals surface area contributed by atoms with E-state index >= 15 is 0 Å². The Morgan fingerprint density at radius 3 is 2.78 bits per heavy atom. The molecular weight excluding hydrogens is 257 g/mol. The zero-order valence-electron chi connectivity index (χ0n) is 10.6. The zero-order chi connectivity index (χ0) is 13.5. The molecule has 0 heterocycles. The molecule has 0 aromatic heterocycles. The number of hydrogen-bond acceptors (Lipinski definition) is 3. The molecule has 1 rings (SSSR count). The molecule has 0 aliphatic heterocycles. The van der Waals surface area contributed by atoms with Gasteiger partial charge in [-0.2, -0.15) is 0 Å². The van der Waals surface area contributed by atoms with Crippen molar-refractivity contribution in [1.29, 1.82) is 0 Å². The molecule has 5 heteroatoms. The average Bonchev–Trinajstić information content (AvgIpc) is 2.33. The van der Waals surface area contributed by atoms with Crippen LogP contribution in [0, 0.1) is 5.82 Å². The molecule has 0 bridgehead atoms. The third kappa shape index (κ3) is 4.63.